The first-order valence-electron chi connectivity index (χ1n) is 9.53. The molecule has 0 spiro atoms. The van der Waals surface area contributed by atoms with Crippen molar-refractivity contribution in [2.45, 2.75) is 59.8 Å². The van der Waals surface area contributed by atoms with Crippen LogP contribution < -0.4 is 5.73 Å². The van der Waals surface area contributed by atoms with Gasteiger partial charge in [0.15, 0.2) is 0 Å². The lowest BCUT2D eigenvalue weighted by molar-refractivity contribution is -0.139. The van der Waals surface area contributed by atoms with Gasteiger partial charge in [-0.2, -0.15) is 5.26 Å². The van der Waals surface area contributed by atoms with E-state index in [9.17, 15) is 10.1 Å². The van der Waals surface area contributed by atoms with E-state index in [1.54, 1.807) is 13.8 Å². The van der Waals surface area contributed by atoms with E-state index >= 15 is 0 Å². The van der Waals surface area contributed by atoms with Crippen LogP contribution in [0.2, 0.25) is 0 Å². The third-order valence-electron chi connectivity index (χ3n) is 4.97. The van der Waals surface area contributed by atoms with Crippen LogP contribution in [0.4, 0.5) is 0 Å². The van der Waals surface area contributed by atoms with Gasteiger partial charge in [-0.15, -0.1) is 0 Å². The minimum Gasteiger partial charge on any atom is -0.463 e. The van der Waals surface area contributed by atoms with Crippen molar-refractivity contribution >= 4 is 5.97 Å². The van der Waals surface area contributed by atoms with Crippen molar-refractivity contribution < 1.29 is 14.3 Å². The summed E-state index contributed by atoms with van der Waals surface area (Å²) < 4.78 is 10.8. The number of nitriles is 1. The molecule has 1 aromatic carbocycles. The molecular formula is C22H28N2O3. The van der Waals surface area contributed by atoms with Crippen LogP contribution in [0.15, 0.2) is 34.9 Å². The standard InChI is InChI=1S/C22H28N2O3/c1-6-14-10-15(7-2)19(16(8-3)11-14)20-17(12-23)21(24)27-13(5)18(20)22(25)26-9-4/h10-11,20H,6-9,24H2,1-5H3. The molecule has 1 aromatic rings. The molecule has 0 fully saturated rings. The molecule has 1 unspecified atom stereocenters. The van der Waals surface area contributed by atoms with E-state index < -0.39 is 11.9 Å². The number of hydrogen-bond acceptors (Lipinski definition) is 5. The van der Waals surface area contributed by atoms with Crippen LogP contribution >= 0.6 is 0 Å². The second kappa shape index (κ2) is 8.77. The minimum atomic E-state index is -0.571. The number of hydrogen-bond donors (Lipinski definition) is 1. The van der Waals surface area contributed by atoms with E-state index in [1.807, 2.05) is 0 Å². The van der Waals surface area contributed by atoms with Gasteiger partial charge < -0.3 is 15.2 Å². The highest BCUT2D eigenvalue weighted by molar-refractivity contribution is 5.92. The zero-order chi connectivity index (χ0) is 20.1. The number of rotatable bonds is 6. The Balaban J connectivity index is 2.83. The van der Waals surface area contributed by atoms with Crippen LogP contribution in [0.25, 0.3) is 0 Å². The number of carbonyl (C=O) groups is 1. The molecule has 5 heteroatoms. The normalized spacial score (nSPS) is 16.8. The molecule has 1 atom stereocenters. The minimum absolute atomic E-state index is 0.0525. The molecule has 0 saturated heterocycles. The Labute approximate surface area is 161 Å². The fourth-order valence-corrected chi connectivity index (χ4v) is 3.65. The van der Waals surface area contributed by atoms with Crippen LogP contribution in [0.5, 0.6) is 0 Å². The number of carbonyl (C=O) groups excluding carboxylic acids is 1. The number of allylic oxidation sites excluding steroid dienone is 2. The first-order chi connectivity index (χ1) is 12.9. The molecule has 1 aliphatic rings. The van der Waals surface area contributed by atoms with Crippen LogP contribution in [-0.2, 0) is 33.5 Å². The Hall–Kier alpha value is -2.74. The largest absolute Gasteiger partial charge is 0.463 e. The fourth-order valence-electron chi connectivity index (χ4n) is 3.65. The SMILES string of the molecule is CCOC(=O)C1=C(C)OC(N)=C(C#N)C1c1c(CC)cc(CC)cc1CC. The average molecular weight is 368 g/mol. The van der Waals surface area contributed by atoms with E-state index in [0.717, 1.165) is 36.0 Å². The molecule has 5 nitrogen and oxygen atoms in total. The molecule has 0 aromatic heterocycles. The Bertz CT molecular complexity index is 819. The fraction of sp³-hybridized carbons (Fsp3) is 0.455. The smallest absolute Gasteiger partial charge is 0.338 e. The second-order valence-corrected chi connectivity index (χ2v) is 6.50. The third kappa shape index (κ3) is 3.85. The van der Waals surface area contributed by atoms with Crippen molar-refractivity contribution in [3.8, 4) is 6.07 Å². The lowest BCUT2D eigenvalue weighted by Crippen LogP contribution is -2.27. The lowest BCUT2D eigenvalue weighted by Gasteiger charge is -2.30. The van der Waals surface area contributed by atoms with Gasteiger partial charge in [-0.3, -0.25) is 0 Å². The molecule has 0 aliphatic carbocycles. The summed E-state index contributed by atoms with van der Waals surface area (Å²) in [5, 5.41) is 9.79. The molecule has 0 amide bonds. The van der Waals surface area contributed by atoms with E-state index in [4.69, 9.17) is 15.2 Å². The summed E-state index contributed by atoms with van der Waals surface area (Å²) in [6.07, 6.45) is 2.51. The first kappa shape index (κ1) is 20.6. The Morgan fingerprint density at radius 1 is 1.19 bits per heavy atom. The molecule has 0 radical (unpaired) electrons. The number of aryl methyl sites for hydroxylation is 3. The average Bonchev–Trinajstić information content (AvgIpc) is 2.66. The van der Waals surface area contributed by atoms with Gasteiger partial charge in [0.2, 0.25) is 5.88 Å². The van der Waals surface area contributed by atoms with Gasteiger partial charge in [-0.05, 0) is 55.4 Å². The number of nitrogens with zero attached hydrogens (tertiary/aromatic N) is 1. The molecule has 0 bridgehead atoms. The molecule has 2 N–H and O–H groups in total. The first-order valence-corrected chi connectivity index (χ1v) is 9.53. The van der Waals surface area contributed by atoms with Crippen molar-refractivity contribution in [1.29, 1.82) is 5.26 Å². The number of ether oxygens (including phenoxy) is 2. The predicted molar refractivity (Wildman–Crippen MR) is 105 cm³/mol. The molecule has 144 valence electrons. The van der Waals surface area contributed by atoms with Gasteiger partial charge in [0.05, 0.1) is 18.1 Å². The highest BCUT2D eigenvalue weighted by Gasteiger charge is 2.38. The molecule has 27 heavy (non-hydrogen) atoms. The maximum atomic E-state index is 12.7. The van der Waals surface area contributed by atoms with Crippen LogP contribution in [0, 0.1) is 11.3 Å². The van der Waals surface area contributed by atoms with E-state index in [2.05, 4.69) is 39.0 Å². The van der Waals surface area contributed by atoms with Crippen molar-refractivity contribution in [2.24, 2.45) is 5.73 Å². The summed E-state index contributed by atoms with van der Waals surface area (Å²) in [4.78, 5) is 12.7. The van der Waals surface area contributed by atoms with Crippen LogP contribution in [0.1, 0.15) is 62.8 Å². The van der Waals surface area contributed by atoms with E-state index in [0.29, 0.717) is 11.3 Å². The monoisotopic (exact) mass is 368 g/mol. The summed E-state index contributed by atoms with van der Waals surface area (Å²) in [6, 6.07) is 6.49. The summed E-state index contributed by atoms with van der Waals surface area (Å²) in [5.74, 6) is -0.599. The number of esters is 1. The maximum Gasteiger partial charge on any atom is 0.338 e. The van der Waals surface area contributed by atoms with Crippen molar-refractivity contribution in [3.63, 3.8) is 0 Å². The highest BCUT2D eigenvalue weighted by atomic mass is 16.5. The van der Waals surface area contributed by atoms with Gasteiger partial charge in [0, 0.05) is 0 Å². The second-order valence-electron chi connectivity index (χ2n) is 6.50. The summed E-state index contributed by atoms with van der Waals surface area (Å²) >= 11 is 0. The summed E-state index contributed by atoms with van der Waals surface area (Å²) in [5.41, 5.74) is 11.1. The summed E-state index contributed by atoms with van der Waals surface area (Å²) in [7, 11) is 0. The van der Waals surface area contributed by atoms with Crippen molar-refractivity contribution in [2.75, 3.05) is 6.61 Å². The van der Waals surface area contributed by atoms with Gasteiger partial charge in [0.25, 0.3) is 0 Å². The van der Waals surface area contributed by atoms with Crippen LogP contribution in [-0.4, -0.2) is 12.6 Å². The zero-order valence-electron chi connectivity index (χ0n) is 16.8. The zero-order valence-corrected chi connectivity index (χ0v) is 16.8. The predicted octanol–water partition coefficient (Wildman–Crippen LogP) is 4.02. The Morgan fingerprint density at radius 2 is 1.78 bits per heavy atom. The third-order valence-corrected chi connectivity index (χ3v) is 4.97. The lowest BCUT2D eigenvalue weighted by atomic mass is 9.77. The Morgan fingerprint density at radius 3 is 2.22 bits per heavy atom. The number of benzene rings is 1. The van der Waals surface area contributed by atoms with Gasteiger partial charge >= 0.3 is 5.97 Å². The maximum absolute atomic E-state index is 12.7. The highest BCUT2D eigenvalue weighted by Crippen LogP contribution is 2.43. The van der Waals surface area contributed by atoms with E-state index in [1.165, 1.54) is 5.56 Å². The molecule has 2 rings (SSSR count). The molecule has 0 saturated carbocycles. The topological polar surface area (TPSA) is 85.3 Å². The van der Waals surface area contributed by atoms with Gasteiger partial charge in [-0.25, -0.2) is 4.79 Å². The molecular weight excluding hydrogens is 340 g/mol. The quantitative estimate of drug-likeness (QED) is 0.767. The van der Waals surface area contributed by atoms with E-state index in [-0.39, 0.29) is 18.1 Å². The van der Waals surface area contributed by atoms with Crippen molar-refractivity contribution in [3.05, 3.63) is 57.2 Å². The number of nitrogens with two attached hydrogens (primary N) is 1. The van der Waals surface area contributed by atoms with Gasteiger partial charge in [0.1, 0.15) is 17.4 Å². The molecule has 1 aliphatic heterocycles. The molecule has 1 heterocycles. The summed E-state index contributed by atoms with van der Waals surface area (Å²) in [6.45, 7) is 9.98. The van der Waals surface area contributed by atoms with Gasteiger partial charge in [-0.1, -0.05) is 32.9 Å². The van der Waals surface area contributed by atoms with Crippen molar-refractivity contribution in [1.82, 2.24) is 0 Å². The Kier molecular flexibility index (Phi) is 6.68. The van der Waals surface area contributed by atoms with Crippen LogP contribution in [0.3, 0.4) is 0 Å².